The van der Waals surface area contributed by atoms with Crippen molar-refractivity contribution in [2.45, 2.75) is 19.1 Å². The van der Waals surface area contributed by atoms with E-state index in [9.17, 15) is 4.79 Å². The summed E-state index contributed by atoms with van der Waals surface area (Å²) in [6.07, 6.45) is 4.50. The Morgan fingerprint density at radius 1 is 1.56 bits per heavy atom. The summed E-state index contributed by atoms with van der Waals surface area (Å²) in [5.74, 6) is 2.24. The molecule has 2 N–H and O–H groups in total. The van der Waals surface area contributed by atoms with Crippen LogP contribution in [0.25, 0.3) is 0 Å². The first kappa shape index (κ1) is 12.8. The maximum absolute atomic E-state index is 11.9. The Morgan fingerprint density at radius 3 is 3.11 bits per heavy atom. The van der Waals surface area contributed by atoms with Gasteiger partial charge in [-0.2, -0.15) is 16.9 Å². The van der Waals surface area contributed by atoms with Gasteiger partial charge in [0.25, 0.3) is 5.91 Å². The highest BCUT2D eigenvalue weighted by atomic mass is 32.2. The molecule has 0 saturated heterocycles. The summed E-state index contributed by atoms with van der Waals surface area (Å²) < 4.78 is 5.44. The van der Waals surface area contributed by atoms with Crippen LogP contribution in [0.2, 0.25) is 0 Å². The number of hydrogen-bond donors (Lipinski definition) is 2. The molecule has 96 valence electrons. The van der Waals surface area contributed by atoms with E-state index >= 15 is 0 Å². The van der Waals surface area contributed by atoms with E-state index in [2.05, 4.69) is 15.5 Å². The minimum Gasteiger partial charge on any atom is -0.455 e. The first-order chi connectivity index (χ1) is 8.74. The molecule has 0 bridgehead atoms. The third-order valence-electron chi connectivity index (χ3n) is 2.51. The molecule has 2 rings (SSSR count). The molecule has 0 saturated carbocycles. The standard InChI is InChI=1S/C12H15N3O2S/c1-3-8-6-13-15-11(8)14-12(16)10-5-4-9(17-10)7-18-2/h4-6H,3,7H2,1-2H3,(H2,13,14,15,16). The maximum atomic E-state index is 11.9. The molecule has 0 aromatic carbocycles. The van der Waals surface area contributed by atoms with Crippen molar-refractivity contribution in [1.29, 1.82) is 0 Å². The van der Waals surface area contributed by atoms with E-state index in [0.29, 0.717) is 11.6 Å². The van der Waals surface area contributed by atoms with Crippen molar-refractivity contribution in [3.63, 3.8) is 0 Å². The first-order valence-electron chi connectivity index (χ1n) is 5.65. The molecule has 0 aliphatic heterocycles. The van der Waals surface area contributed by atoms with E-state index < -0.39 is 0 Å². The van der Waals surface area contributed by atoms with Crippen LogP contribution in [0.4, 0.5) is 5.82 Å². The third kappa shape index (κ3) is 2.76. The van der Waals surface area contributed by atoms with Crippen molar-refractivity contribution in [2.24, 2.45) is 0 Å². The number of nitrogens with one attached hydrogen (secondary N) is 2. The molecule has 18 heavy (non-hydrogen) atoms. The van der Waals surface area contributed by atoms with E-state index in [1.165, 1.54) is 0 Å². The van der Waals surface area contributed by atoms with E-state index in [-0.39, 0.29) is 5.91 Å². The minimum atomic E-state index is -0.263. The second-order valence-corrected chi connectivity index (χ2v) is 4.64. The van der Waals surface area contributed by atoms with E-state index in [1.54, 1.807) is 24.0 Å². The fraction of sp³-hybridized carbons (Fsp3) is 0.333. The number of nitrogens with zero attached hydrogens (tertiary/aromatic N) is 1. The zero-order valence-corrected chi connectivity index (χ0v) is 11.1. The molecule has 0 unspecified atom stereocenters. The highest BCUT2D eigenvalue weighted by Crippen LogP contribution is 2.16. The molecule has 5 nitrogen and oxygen atoms in total. The van der Waals surface area contributed by atoms with E-state index in [0.717, 1.165) is 23.5 Å². The van der Waals surface area contributed by atoms with Crippen LogP contribution in [0, 0.1) is 0 Å². The number of amides is 1. The number of H-pyrrole nitrogens is 1. The Balaban J connectivity index is 2.07. The van der Waals surface area contributed by atoms with Gasteiger partial charge in [-0.05, 0) is 24.8 Å². The Hall–Kier alpha value is -1.69. The van der Waals surface area contributed by atoms with Crippen molar-refractivity contribution < 1.29 is 9.21 Å². The zero-order chi connectivity index (χ0) is 13.0. The summed E-state index contributed by atoms with van der Waals surface area (Å²) in [4.78, 5) is 11.9. The van der Waals surface area contributed by atoms with Crippen LogP contribution >= 0.6 is 11.8 Å². The Bertz CT molecular complexity index is 533. The third-order valence-corrected chi connectivity index (χ3v) is 3.08. The van der Waals surface area contributed by atoms with Gasteiger partial charge in [-0.1, -0.05) is 6.92 Å². The molecule has 0 radical (unpaired) electrons. The number of aromatic amines is 1. The number of anilines is 1. The average molecular weight is 265 g/mol. The summed E-state index contributed by atoms with van der Waals surface area (Å²) in [6, 6.07) is 3.50. The van der Waals surface area contributed by atoms with E-state index in [4.69, 9.17) is 4.42 Å². The van der Waals surface area contributed by atoms with Crippen LogP contribution in [0.15, 0.2) is 22.7 Å². The Kier molecular flexibility index (Phi) is 4.09. The molecule has 2 heterocycles. The van der Waals surface area contributed by atoms with Crippen LogP contribution in [0.5, 0.6) is 0 Å². The minimum absolute atomic E-state index is 0.263. The predicted octanol–water partition coefficient (Wildman–Crippen LogP) is 2.68. The molecule has 0 aliphatic rings. The first-order valence-corrected chi connectivity index (χ1v) is 7.05. The molecule has 0 aliphatic carbocycles. The van der Waals surface area contributed by atoms with Crippen LogP contribution < -0.4 is 5.32 Å². The largest absolute Gasteiger partial charge is 0.455 e. The molecular weight excluding hydrogens is 250 g/mol. The lowest BCUT2D eigenvalue weighted by atomic mass is 10.2. The lowest BCUT2D eigenvalue weighted by Gasteiger charge is -2.02. The van der Waals surface area contributed by atoms with Crippen LogP contribution in [0.3, 0.4) is 0 Å². The van der Waals surface area contributed by atoms with Crippen molar-refractivity contribution in [2.75, 3.05) is 11.6 Å². The van der Waals surface area contributed by atoms with Gasteiger partial charge in [-0.25, -0.2) is 0 Å². The number of furan rings is 1. The Labute approximate surface area is 109 Å². The van der Waals surface area contributed by atoms with Gasteiger partial charge in [0, 0.05) is 5.56 Å². The number of rotatable bonds is 5. The fourth-order valence-electron chi connectivity index (χ4n) is 1.58. The quantitative estimate of drug-likeness (QED) is 0.872. The van der Waals surface area contributed by atoms with Gasteiger partial charge in [-0.3, -0.25) is 9.89 Å². The van der Waals surface area contributed by atoms with Crippen LogP contribution in [-0.4, -0.2) is 22.4 Å². The van der Waals surface area contributed by atoms with Crippen molar-refractivity contribution in [3.8, 4) is 0 Å². The second-order valence-electron chi connectivity index (χ2n) is 3.78. The summed E-state index contributed by atoms with van der Waals surface area (Å²) in [7, 11) is 0. The summed E-state index contributed by atoms with van der Waals surface area (Å²) in [5, 5.41) is 9.42. The summed E-state index contributed by atoms with van der Waals surface area (Å²) >= 11 is 1.65. The predicted molar refractivity (Wildman–Crippen MR) is 71.8 cm³/mol. The summed E-state index contributed by atoms with van der Waals surface area (Å²) in [5.41, 5.74) is 0.972. The molecular formula is C12H15N3O2S. The number of carbonyl (C=O) groups excluding carboxylic acids is 1. The highest BCUT2D eigenvalue weighted by molar-refractivity contribution is 7.97. The topological polar surface area (TPSA) is 70.9 Å². The van der Waals surface area contributed by atoms with E-state index in [1.807, 2.05) is 19.2 Å². The second kappa shape index (κ2) is 5.77. The zero-order valence-electron chi connectivity index (χ0n) is 10.3. The number of thioether (sulfide) groups is 1. The molecule has 0 fully saturated rings. The lowest BCUT2D eigenvalue weighted by molar-refractivity contribution is 0.0995. The van der Waals surface area contributed by atoms with Gasteiger partial charge in [0.2, 0.25) is 0 Å². The molecule has 2 aromatic heterocycles. The number of aryl methyl sites for hydroxylation is 1. The molecule has 0 spiro atoms. The molecule has 6 heteroatoms. The van der Waals surface area contributed by atoms with Crippen molar-refractivity contribution in [1.82, 2.24) is 10.2 Å². The average Bonchev–Trinajstić information content (AvgIpc) is 2.98. The number of carbonyl (C=O) groups is 1. The molecule has 0 atom stereocenters. The van der Waals surface area contributed by atoms with Gasteiger partial charge in [0.1, 0.15) is 11.6 Å². The van der Waals surface area contributed by atoms with Crippen molar-refractivity contribution >= 4 is 23.5 Å². The van der Waals surface area contributed by atoms with Gasteiger partial charge in [-0.15, -0.1) is 0 Å². The maximum Gasteiger partial charge on any atom is 0.292 e. The number of hydrogen-bond acceptors (Lipinski definition) is 4. The monoisotopic (exact) mass is 265 g/mol. The van der Waals surface area contributed by atoms with Gasteiger partial charge < -0.3 is 9.73 Å². The fourth-order valence-corrected chi connectivity index (χ4v) is 2.02. The SMILES string of the molecule is CCc1cn[nH]c1NC(=O)c1ccc(CSC)o1. The van der Waals surface area contributed by atoms with Gasteiger partial charge >= 0.3 is 0 Å². The van der Waals surface area contributed by atoms with Gasteiger partial charge in [0.15, 0.2) is 5.76 Å². The molecule has 2 aromatic rings. The van der Waals surface area contributed by atoms with Crippen molar-refractivity contribution in [3.05, 3.63) is 35.4 Å². The van der Waals surface area contributed by atoms with Crippen LogP contribution in [-0.2, 0) is 12.2 Å². The van der Waals surface area contributed by atoms with Gasteiger partial charge in [0.05, 0.1) is 11.9 Å². The Morgan fingerprint density at radius 2 is 2.39 bits per heavy atom. The van der Waals surface area contributed by atoms with Crippen LogP contribution in [0.1, 0.15) is 28.8 Å². The normalized spacial score (nSPS) is 10.6. The summed E-state index contributed by atoms with van der Waals surface area (Å²) in [6.45, 7) is 2.00. The lowest BCUT2D eigenvalue weighted by Crippen LogP contribution is -2.12. The molecule has 1 amide bonds. The smallest absolute Gasteiger partial charge is 0.292 e. The number of aromatic nitrogens is 2. The highest BCUT2D eigenvalue weighted by Gasteiger charge is 2.13.